The number of amides is 2. The van der Waals surface area contributed by atoms with Crippen LogP contribution in [-0.4, -0.2) is 70.4 Å². The standard InChI is InChI=1S/C21H34N2O7/c1-17(24)23-18-5-7-19(8-6-18)29-16-15-28-14-13-27-12-11-26-10-9-22-20(25)30-21(2,3)4/h5-8H,9-16H2,1-4H3,(H,22,25)(H,23,24). The predicted octanol–water partition coefficient (Wildman–Crippen LogP) is 2.60. The summed E-state index contributed by atoms with van der Waals surface area (Å²) in [4.78, 5) is 22.4. The van der Waals surface area contributed by atoms with Gasteiger partial charge in [-0.3, -0.25) is 4.79 Å². The van der Waals surface area contributed by atoms with Crippen molar-refractivity contribution in [3.63, 3.8) is 0 Å². The maximum atomic E-state index is 11.4. The van der Waals surface area contributed by atoms with Crippen molar-refractivity contribution in [3.05, 3.63) is 24.3 Å². The Balaban J connectivity index is 1.87. The van der Waals surface area contributed by atoms with E-state index in [1.165, 1.54) is 6.92 Å². The molecule has 1 aromatic carbocycles. The number of carbonyl (C=O) groups is 2. The first-order chi connectivity index (χ1) is 14.3. The lowest BCUT2D eigenvalue weighted by molar-refractivity contribution is -0.114. The van der Waals surface area contributed by atoms with E-state index in [0.717, 1.165) is 5.69 Å². The molecule has 9 nitrogen and oxygen atoms in total. The van der Waals surface area contributed by atoms with Crippen molar-refractivity contribution in [2.75, 3.05) is 58.1 Å². The van der Waals surface area contributed by atoms with E-state index >= 15 is 0 Å². The highest BCUT2D eigenvalue weighted by Gasteiger charge is 2.15. The first kappa shape index (κ1) is 25.7. The Morgan fingerprint density at radius 2 is 1.37 bits per heavy atom. The molecule has 2 amide bonds. The quantitative estimate of drug-likeness (QED) is 0.441. The van der Waals surface area contributed by atoms with E-state index in [9.17, 15) is 9.59 Å². The molecule has 0 radical (unpaired) electrons. The number of ether oxygens (including phenoxy) is 5. The Hall–Kier alpha value is -2.36. The first-order valence-corrected chi connectivity index (χ1v) is 9.97. The van der Waals surface area contributed by atoms with E-state index in [4.69, 9.17) is 23.7 Å². The van der Waals surface area contributed by atoms with Crippen LogP contribution in [0.5, 0.6) is 5.75 Å². The minimum absolute atomic E-state index is 0.110. The van der Waals surface area contributed by atoms with E-state index in [1.54, 1.807) is 24.3 Å². The Labute approximate surface area is 178 Å². The second-order valence-electron chi connectivity index (χ2n) is 7.32. The number of hydrogen-bond acceptors (Lipinski definition) is 7. The zero-order valence-electron chi connectivity index (χ0n) is 18.3. The molecule has 2 N–H and O–H groups in total. The molecule has 30 heavy (non-hydrogen) atoms. The normalized spacial score (nSPS) is 11.1. The smallest absolute Gasteiger partial charge is 0.407 e. The molecule has 0 unspecified atom stereocenters. The molecule has 0 aliphatic heterocycles. The summed E-state index contributed by atoms with van der Waals surface area (Å²) in [6.07, 6.45) is -0.453. The molecule has 0 saturated heterocycles. The Morgan fingerprint density at radius 3 is 1.90 bits per heavy atom. The van der Waals surface area contributed by atoms with Crippen molar-refractivity contribution in [3.8, 4) is 5.75 Å². The van der Waals surface area contributed by atoms with Crippen LogP contribution in [0.25, 0.3) is 0 Å². The van der Waals surface area contributed by atoms with Crippen LogP contribution in [-0.2, 0) is 23.7 Å². The molecule has 0 atom stereocenters. The molecular formula is C21H34N2O7. The highest BCUT2D eigenvalue weighted by Crippen LogP contribution is 2.15. The molecule has 0 saturated carbocycles. The van der Waals surface area contributed by atoms with Gasteiger partial charge < -0.3 is 34.3 Å². The summed E-state index contributed by atoms with van der Waals surface area (Å²) < 4.78 is 26.9. The van der Waals surface area contributed by atoms with Gasteiger partial charge >= 0.3 is 6.09 Å². The zero-order chi connectivity index (χ0) is 22.2. The van der Waals surface area contributed by atoms with Crippen molar-refractivity contribution in [2.24, 2.45) is 0 Å². The van der Waals surface area contributed by atoms with Gasteiger partial charge in [0.1, 0.15) is 18.0 Å². The summed E-state index contributed by atoms with van der Waals surface area (Å²) in [5, 5.41) is 5.31. The maximum absolute atomic E-state index is 11.4. The van der Waals surface area contributed by atoms with Gasteiger partial charge in [0, 0.05) is 19.2 Å². The number of alkyl carbamates (subject to hydrolysis) is 1. The van der Waals surface area contributed by atoms with Gasteiger partial charge in [0.05, 0.1) is 39.6 Å². The number of carbonyl (C=O) groups excluding carboxylic acids is 2. The van der Waals surface area contributed by atoms with Crippen molar-refractivity contribution in [1.29, 1.82) is 0 Å². The Bertz CT molecular complexity index is 615. The van der Waals surface area contributed by atoms with Gasteiger partial charge in [-0.15, -0.1) is 0 Å². The molecular weight excluding hydrogens is 392 g/mol. The monoisotopic (exact) mass is 426 g/mol. The summed E-state index contributed by atoms with van der Waals surface area (Å²) in [7, 11) is 0. The van der Waals surface area contributed by atoms with Gasteiger partial charge in [-0.1, -0.05) is 0 Å². The van der Waals surface area contributed by atoms with E-state index < -0.39 is 11.7 Å². The fourth-order valence-electron chi connectivity index (χ4n) is 2.14. The molecule has 0 bridgehead atoms. The van der Waals surface area contributed by atoms with Crippen LogP contribution in [0.15, 0.2) is 24.3 Å². The lowest BCUT2D eigenvalue weighted by atomic mass is 10.2. The lowest BCUT2D eigenvalue weighted by Gasteiger charge is -2.19. The molecule has 170 valence electrons. The fraction of sp³-hybridized carbons (Fsp3) is 0.619. The van der Waals surface area contributed by atoms with Crippen LogP contribution >= 0.6 is 0 Å². The topological polar surface area (TPSA) is 104 Å². The predicted molar refractivity (Wildman–Crippen MR) is 113 cm³/mol. The first-order valence-electron chi connectivity index (χ1n) is 9.97. The molecule has 0 fully saturated rings. The summed E-state index contributed by atoms with van der Waals surface area (Å²) in [5.41, 5.74) is 0.222. The molecule has 1 rings (SSSR count). The van der Waals surface area contributed by atoms with Gasteiger partial charge in [0.2, 0.25) is 5.91 Å². The molecule has 1 aromatic rings. The number of nitrogens with one attached hydrogen (secondary N) is 2. The third-order valence-corrected chi connectivity index (χ3v) is 3.33. The second kappa shape index (κ2) is 14.6. The molecule has 0 aromatic heterocycles. The van der Waals surface area contributed by atoms with Crippen LogP contribution in [0.1, 0.15) is 27.7 Å². The van der Waals surface area contributed by atoms with E-state index in [2.05, 4.69) is 10.6 Å². The van der Waals surface area contributed by atoms with Gasteiger partial charge in [0.15, 0.2) is 0 Å². The largest absolute Gasteiger partial charge is 0.491 e. The van der Waals surface area contributed by atoms with Gasteiger partial charge in [-0.05, 0) is 45.0 Å². The van der Waals surface area contributed by atoms with E-state index in [0.29, 0.717) is 58.5 Å². The third kappa shape index (κ3) is 14.6. The average Bonchev–Trinajstić information content (AvgIpc) is 2.65. The molecule has 0 heterocycles. The van der Waals surface area contributed by atoms with Gasteiger partial charge in [0.25, 0.3) is 0 Å². The Morgan fingerprint density at radius 1 is 0.833 bits per heavy atom. The summed E-state index contributed by atoms with van der Waals surface area (Å²) >= 11 is 0. The fourth-order valence-corrected chi connectivity index (χ4v) is 2.14. The molecule has 0 aliphatic rings. The molecule has 9 heteroatoms. The summed E-state index contributed by atoms with van der Waals surface area (Å²) in [6.45, 7) is 10.4. The highest BCUT2D eigenvalue weighted by molar-refractivity contribution is 5.88. The number of anilines is 1. The summed E-state index contributed by atoms with van der Waals surface area (Å²) in [5.74, 6) is 0.600. The SMILES string of the molecule is CC(=O)Nc1ccc(OCCOCCOCCOCCNC(=O)OC(C)(C)C)cc1. The van der Waals surface area contributed by atoms with E-state index in [1.807, 2.05) is 20.8 Å². The van der Waals surface area contributed by atoms with Crippen molar-refractivity contribution in [2.45, 2.75) is 33.3 Å². The van der Waals surface area contributed by atoms with Crippen molar-refractivity contribution < 1.29 is 33.3 Å². The average molecular weight is 427 g/mol. The van der Waals surface area contributed by atoms with Gasteiger partial charge in [-0.25, -0.2) is 4.79 Å². The minimum Gasteiger partial charge on any atom is -0.491 e. The van der Waals surface area contributed by atoms with Crippen LogP contribution in [0.3, 0.4) is 0 Å². The number of benzene rings is 1. The highest BCUT2D eigenvalue weighted by atomic mass is 16.6. The van der Waals surface area contributed by atoms with Crippen LogP contribution in [0.2, 0.25) is 0 Å². The van der Waals surface area contributed by atoms with Crippen LogP contribution in [0.4, 0.5) is 10.5 Å². The van der Waals surface area contributed by atoms with Crippen molar-refractivity contribution in [1.82, 2.24) is 5.32 Å². The minimum atomic E-state index is -0.507. The number of rotatable bonds is 14. The lowest BCUT2D eigenvalue weighted by Crippen LogP contribution is -2.34. The maximum Gasteiger partial charge on any atom is 0.407 e. The third-order valence-electron chi connectivity index (χ3n) is 3.33. The van der Waals surface area contributed by atoms with E-state index in [-0.39, 0.29) is 5.91 Å². The molecule has 0 aliphatic carbocycles. The van der Waals surface area contributed by atoms with Gasteiger partial charge in [-0.2, -0.15) is 0 Å². The van der Waals surface area contributed by atoms with Crippen LogP contribution in [0, 0.1) is 0 Å². The van der Waals surface area contributed by atoms with Crippen molar-refractivity contribution >= 4 is 17.7 Å². The Kier molecular flexibility index (Phi) is 12.5. The summed E-state index contributed by atoms with van der Waals surface area (Å²) in [6, 6.07) is 7.14. The second-order valence-corrected chi connectivity index (χ2v) is 7.32. The zero-order valence-corrected chi connectivity index (χ0v) is 18.3. The molecule has 0 spiro atoms. The number of hydrogen-bond donors (Lipinski definition) is 2. The van der Waals surface area contributed by atoms with Crippen LogP contribution < -0.4 is 15.4 Å².